The van der Waals surface area contributed by atoms with Crippen molar-refractivity contribution in [3.8, 4) is 0 Å². The van der Waals surface area contributed by atoms with Gasteiger partial charge in [0.15, 0.2) is 0 Å². The lowest BCUT2D eigenvalue weighted by Crippen LogP contribution is -2.53. The SMILES string of the molecule is CNC(=O)[C@H]1Cc2c([nH]c3ccccc23)CN1C(=O)C[C@@H](Cc1ccccc1F)NC(=O)OC(C)(C)C. The molecule has 2 aromatic carbocycles. The highest BCUT2D eigenvalue weighted by Crippen LogP contribution is 2.31. The molecule has 0 spiro atoms. The fourth-order valence-electron chi connectivity index (χ4n) is 4.78. The number of ether oxygens (including phenoxy) is 1. The smallest absolute Gasteiger partial charge is 0.407 e. The maximum Gasteiger partial charge on any atom is 0.407 e. The van der Waals surface area contributed by atoms with Crippen molar-refractivity contribution in [2.24, 2.45) is 0 Å². The first-order chi connectivity index (χ1) is 17.6. The van der Waals surface area contributed by atoms with Gasteiger partial charge in [0.05, 0.1) is 6.54 Å². The van der Waals surface area contributed by atoms with Gasteiger partial charge in [-0.1, -0.05) is 36.4 Å². The van der Waals surface area contributed by atoms with Crippen molar-refractivity contribution in [3.63, 3.8) is 0 Å². The third-order valence-electron chi connectivity index (χ3n) is 6.44. The zero-order valence-corrected chi connectivity index (χ0v) is 21.6. The van der Waals surface area contributed by atoms with E-state index >= 15 is 0 Å². The standard InChI is InChI=1S/C28H33FN4O4/c1-28(2,3)37-27(36)31-18(13-17-9-5-7-11-21(17)29)14-25(34)33-16-23-20(15-24(33)26(35)30-4)19-10-6-8-12-22(19)32-23/h5-12,18,24,32H,13-16H2,1-4H3,(H,30,35)(H,31,36)/t18-,24-/m1/s1. The van der Waals surface area contributed by atoms with Crippen LogP contribution in [0.15, 0.2) is 48.5 Å². The Morgan fingerprint density at radius 2 is 1.84 bits per heavy atom. The lowest BCUT2D eigenvalue weighted by Gasteiger charge is -2.35. The minimum Gasteiger partial charge on any atom is -0.444 e. The highest BCUT2D eigenvalue weighted by Gasteiger charge is 2.37. The highest BCUT2D eigenvalue weighted by atomic mass is 19.1. The second-order valence-electron chi connectivity index (χ2n) is 10.3. The number of nitrogens with one attached hydrogen (secondary N) is 3. The highest BCUT2D eigenvalue weighted by molar-refractivity contribution is 5.91. The van der Waals surface area contributed by atoms with Gasteiger partial charge in [0, 0.05) is 42.5 Å². The van der Waals surface area contributed by atoms with E-state index in [4.69, 9.17) is 4.74 Å². The molecule has 0 saturated carbocycles. The number of para-hydroxylation sites is 1. The van der Waals surface area contributed by atoms with Crippen molar-refractivity contribution in [1.29, 1.82) is 0 Å². The molecule has 3 amide bonds. The topological polar surface area (TPSA) is 104 Å². The van der Waals surface area contributed by atoms with E-state index in [0.29, 0.717) is 12.0 Å². The lowest BCUT2D eigenvalue weighted by atomic mass is 9.94. The Kier molecular flexibility index (Phi) is 7.52. The second kappa shape index (κ2) is 10.6. The van der Waals surface area contributed by atoms with Crippen LogP contribution in [0.2, 0.25) is 0 Å². The summed E-state index contributed by atoms with van der Waals surface area (Å²) >= 11 is 0. The van der Waals surface area contributed by atoms with Crippen molar-refractivity contribution in [3.05, 3.63) is 71.2 Å². The maximum absolute atomic E-state index is 14.4. The molecule has 8 nitrogen and oxygen atoms in total. The molecule has 0 saturated heterocycles. The third-order valence-corrected chi connectivity index (χ3v) is 6.44. The van der Waals surface area contributed by atoms with Crippen LogP contribution < -0.4 is 10.6 Å². The monoisotopic (exact) mass is 508 g/mol. The number of benzene rings is 2. The Hall–Kier alpha value is -3.88. The van der Waals surface area contributed by atoms with E-state index in [1.54, 1.807) is 46.0 Å². The van der Waals surface area contributed by atoms with Gasteiger partial charge in [-0.25, -0.2) is 9.18 Å². The molecule has 1 aliphatic heterocycles. The summed E-state index contributed by atoms with van der Waals surface area (Å²) in [6.45, 7) is 5.44. The van der Waals surface area contributed by atoms with Crippen LogP contribution in [0.5, 0.6) is 0 Å². The summed E-state index contributed by atoms with van der Waals surface area (Å²) in [6, 6.07) is 12.6. The molecular weight excluding hydrogens is 475 g/mol. The van der Waals surface area contributed by atoms with Gasteiger partial charge in [0.2, 0.25) is 11.8 Å². The zero-order chi connectivity index (χ0) is 26.7. The van der Waals surface area contributed by atoms with Gasteiger partial charge >= 0.3 is 6.09 Å². The van der Waals surface area contributed by atoms with Gasteiger partial charge in [0.25, 0.3) is 0 Å². The van der Waals surface area contributed by atoms with Gasteiger partial charge in [-0.15, -0.1) is 0 Å². The van der Waals surface area contributed by atoms with E-state index < -0.39 is 29.6 Å². The minimum absolute atomic E-state index is 0.0910. The molecule has 2 heterocycles. The third kappa shape index (κ3) is 6.10. The van der Waals surface area contributed by atoms with Crippen LogP contribution in [0, 0.1) is 5.82 Å². The zero-order valence-electron chi connectivity index (χ0n) is 21.6. The van der Waals surface area contributed by atoms with Gasteiger partial charge in [0.1, 0.15) is 17.5 Å². The number of likely N-dealkylation sites (N-methyl/N-ethyl adjacent to an activating group) is 1. The Morgan fingerprint density at radius 3 is 2.54 bits per heavy atom. The first-order valence-corrected chi connectivity index (χ1v) is 12.4. The summed E-state index contributed by atoms with van der Waals surface area (Å²) in [5.41, 5.74) is 2.47. The van der Waals surface area contributed by atoms with E-state index in [0.717, 1.165) is 22.2 Å². The van der Waals surface area contributed by atoms with Crippen LogP contribution in [-0.2, 0) is 33.7 Å². The number of fused-ring (bicyclic) bond motifs is 3. The quantitative estimate of drug-likeness (QED) is 0.471. The summed E-state index contributed by atoms with van der Waals surface area (Å²) < 4.78 is 19.8. The Morgan fingerprint density at radius 1 is 1.14 bits per heavy atom. The van der Waals surface area contributed by atoms with E-state index in [2.05, 4.69) is 15.6 Å². The summed E-state index contributed by atoms with van der Waals surface area (Å²) in [4.78, 5) is 44.0. The van der Waals surface area contributed by atoms with Crippen molar-refractivity contribution < 1.29 is 23.5 Å². The van der Waals surface area contributed by atoms with Crippen LogP contribution >= 0.6 is 0 Å². The molecule has 4 rings (SSSR count). The number of H-pyrrole nitrogens is 1. The van der Waals surface area contributed by atoms with Gasteiger partial charge < -0.3 is 25.3 Å². The summed E-state index contributed by atoms with van der Waals surface area (Å²) in [5.74, 6) is -1.01. The molecule has 0 fully saturated rings. The lowest BCUT2D eigenvalue weighted by molar-refractivity contribution is -0.142. The number of aromatic amines is 1. The predicted molar refractivity (Wildman–Crippen MR) is 138 cm³/mol. The number of hydrogen-bond donors (Lipinski definition) is 3. The molecule has 0 aliphatic carbocycles. The largest absolute Gasteiger partial charge is 0.444 e. The molecule has 0 bridgehead atoms. The van der Waals surface area contributed by atoms with E-state index in [1.807, 2.05) is 24.3 Å². The van der Waals surface area contributed by atoms with Crippen LogP contribution in [0.3, 0.4) is 0 Å². The van der Waals surface area contributed by atoms with Crippen molar-refractivity contribution in [2.75, 3.05) is 7.05 Å². The molecule has 3 aromatic rings. The fourth-order valence-corrected chi connectivity index (χ4v) is 4.78. The van der Waals surface area contributed by atoms with Crippen LogP contribution in [0.25, 0.3) is 10.9 Å². The van der Waals surface area contributed by atoms with Gasteiger partial charge in [-0.3, -0.25) is 9.59 Å². The fraction of sp³-hybridized carbons (Fsp3) is 0.393. The molecule has 196 valence electrons. The number of hydrogen-bond acceptors (Lipinski definition) is 4. The van der Waals surface area contributed by atoms with Crippen molar-refractivity contribution >= 4 is 28.8 Å². The molecule has 1 aromatic heterocycles. The number of halogens is 1. The number of rotatable bonds is 6. The van der Waals surface area contributed by atoms with Crippen LogP contribution in [0.4, 0.5) is 9.18 Å². The molecule has 0 radical (unpaired) electrons. The van der Waals surface area contributed by atoms with E-state index in [1.165, 1.54) is 11.0 Å². The van der Waals surface area contributed by atoms with Crippen molar-refractivity contribution in [2.45, 2.75) is 64.3 Å². The number of amides is 3. The molecule has 9 heteroatoms. The Bertz CT molecular complexity index is 1310. The Balaban J connectivity index is 1.59. The number of carbonyl (C=O) groups is 3. The number of nitrogens with zero attached hydrogens (tertiary/aromatic N) is 1. The van der Waals surface area contributed by atoms with Gasteiger partial charge in [-0.2, -0.15) is 0 Å². The normalized spacial score (nSPS) is 16.1. The molecule has 2 atom stereocenters. The maximum atomic E-state index is 14.4. The predicted octanol–water partition coefficient (Wildman–Crippen LogP) is 3.83. The van der Waals surface area contributed by atoms with Crippen molar-refractivity contribution in [1.82, 2.24) is 20.5 Å². The molecule has 3 N–H and O–H groups in total. The molecule has 0 unspecified atom stereocenters. The van der Waals surface area contributed by atoms with Crippen LogP contribution in [-0.4, -0.2) is 52.5 Å². The number of carbonyl (C=O) groups excluding carboxylic acids is 3. The molecule has 37 heavy (non-hydrogen) atoms. The molecule has 1 aliphatic rings. The average Bonchev–Trinajstić information content (AvgIpc) is 3.20. The minimum atomic E-state index is -0.742. The summed E-state index contributed by atoms with van der Waals surface area (Å²) in [6.07, 6.45) is -0.367. The molecular formula is C28H33FN4O4. The summed E-state index contributed by atoms with van der Waals surface area (Å²) in [7, 11) is 1.54. The first kappa shape index (κ1) is 26.2. The number of aromatic nitrogens is 1. The van der Waals surface area contributed by atoms with Gasteiger partial charge in [-0.05, 0) is 50.5 Å². The number of alkyl carbamates (subject to hydrolysis) is 1. The first-order valence-electron chi connectivity index (χ1n) is 12.4. The van der Waals surface area contributed by atoms with Crippen LogP contribution in [0.1, 0.15) is 44.0 Å². The van der Waals surface area contributed by atoms with E-state index in [-0.39, 0.29) is 31.2 Å². The Labute approximate surface area is 215 Å². The average molecular weight is 509 g/mol. The van der Waals surface area contributed by atoms with E-state index in [9.17, 15) is 18.8 Å². The summed E-state index contributed by atoms with van der Waals surface area (Å²) in [5, 5.41) is 6.43. The second-order valence-corrected chi connectivity index (χ2v) is 10.3.